The minimum Gasteiger partial charge on any atom is -0.333 e. The number of aryl methyl sites for hydroxylation is 2. The Morgan fingerprint density at radius 2 is 2.14 bits per heavy atom. The van der Waals surface area contributed by atoms with Crippen molar-refractivity contribution in [3.8, 4) is 0 Å². The van der Waals surface area contributed by atoms with Crippen LogP contribution in [0.15, 0.2) is 12.3 Å². The van der Waals surface area contributed by atoms with Crippen LogP contribution in [0.1, 0.15) is 23.0 Å². The van der Waals surface area contributed by atoms with Gasteiger partial charge in [0.2, 0.25) is 0 Å². The van der Waals surface area contributed by atoms with E-state index in [0.717, 1.165) is 36.4 Å². The van der Waals surface area contributed by atoms with E-state index in [1.807, 2.05) is 24.9 Å². The van der Waals surface area contributed by atoms with Gasteiger partial charge < -0.3 is 10.2 Å². The highest BCUT2D eigenvalue weighted by molar-refractivity contribution is 5.97. The van der Waals surface area contributed by atoms with Gasteiger partial charge in [0.05, 0.1) is 11.3 Å². The van der Waals surface area contributed by atoms with Crippen molar-refractivity contribution in [2.24, 2.45) is 7.05 Å². The van der Waals surface area contributed by atoms with Crippen molar-refractivity contribution in [2.75, 3.05) is 19.6 Å². The van der Waals surface area contributed by atoms with Gasteiger partial charge in [-0.2, -0.15) is 5.10 Å². The van der Waals surface area contributed by atoms with Crippen LogP contribution in [0.5, 0.6) is 0 Å². The molecule has 6 nitrogen and oxygen atoms in total. The molecule has 0 aliphatic carbocycles. The van der Waals surface area contributed by atoms with Crippen LogP contribution in [-0.2, 0) is 7.05 Å². The van der Waals surface area contributed by atoms with Crippen LogP contribution >= 0.6 is 24.8 Å². The van der Waals surface area contributed by atoms with Crippen molar-refractivity contribution in [1.82, 2.24) is 25.0 Å². The molecule has 0 radical (unpaired) electrons. The number of rotatable bonds is 1. The summed E-state index contributed by atoms with van der Waals surface area (Å²) in [6.45, 7) is 6.42. The second kappa shape index (κ2) is 7.26. The molecule has 0 spiro atoms. The van der Waals surface area contributed by atoms with E-state index in [1.165, 1.54) is 0 Å². The molecule has 1 aliphatic heterocycles. The van der Waals surface area contributed by atoms with Gasteiger partial charge in [-0.25, -0.2) is 4.98 Å². The molecule has 2 aromatic heterocycles. The van der Waals surface area contributed by atoms with Gasteiger partial charge in [0.25, 0.3) is 5.91 Å². The Labute approximate surface area is 142 Å². The molecule has 0 bridgehead atoms. The van der Waals surface area contributed by atoms with E-state index < -0.39 is 0 Å². The average molecular weight is 346 g/mol. The van der Waals surface area contributed by atoms with Crippen molar-refractivity contribution in [3.05, 3.63) is 23.5 Å². The Hall–Kier alpha value is -1.37. The number of carbonyl (C=O) groups excluding carboxylic acids is 1. The molecule has 1 saturated heterocycles. The highest BCUT2D eigenvalue weighted by Crippen LogP contribution is 2.18. The molecular formula is C14H21Cl2N5O. The molecule has 1 aliphatic rings. The summed E-state index contributed by atoms with van der Waals surface area (Å²) in [5.74, 6) is 0.0525. The maximum atomic E-state index is 12.6. The van der Waals surface area contributed by atoms with Crippen LogP contribution in [0.25, 0.3) is 11.0 Å². The summed E-state index contributed by atoms with van der Waals surface area (Å²) in [5.41, 5.74) is 2.35. The number of hydrogen-bond acceptors (Lipinski definition) is 4. The van der Waals surface area contributed by atoms with E-state index in [1.54, 1.807) is 10.9 Å². The summed E-state index contributed by atoms with van der Waals surface area (Å²) in [5, 5.41) is 8.57. The zero-order valence-electron chi connectivity index (χ0n) is 12.9. The Morgan fingerprint density at radius 1 is 1.41 bits per heavy atom. The third kappa shape index (κ3) is 3.19. The summed E-state index contributed by atoms with van der Waals surface area (Å²) in [6, 6.07) is 2.11. The summed E-state index contributed by atoms with van der Waals surface area (Å²) in [6.07, 6.45) is 1.65. The first-order valence-corrected chi connectivity index (χ1v) is 6.89. The Bertz CT molecular complexity index is 673. The summed E-state index contributed by atoms with van der Waals surface area (Å²) in [7, 11) is 1.86. The molecule has 0 aromatic carbocycles. The van der Waals surface area contributed by atoms with Crippen LogP contribution in [-0.4, -0.2) is 51.2 Å². The molecule has 3 rings (SSSR count). The number of pyridine rings is 1. The van der Waals surface area contributed by atoms with Crippen molar-refractivity contribution in [3.63, 3.8) is 0 Å². The van der Waals surface area contributed by atoms with E-state index in [0.29, 0.717) is 5.56 Å². The van der Waals surface area contributed by atoms with Gasteiger partial charge in [0, 0.05) is 44.3 Å². The smallest absolute Gasteiger partial charge is 0.255 e. The van der Waals surface area contributed by atoms with Gasteiger partial charge in [-0.1, -0.05) is 0 Å². The molecule has 0 unspecified atom stereocenters. The highest BCUT2D eigenvalue weighted by atomic mass is 35.5. The first-order chi connectivity index (χ1) is 9.58. The molecular weight excluding hydrogens is 325 g/mol. The van der Waals surface area contributed by atoms with Crippen LogP contribution in [0.2, 0.25) is 0 Å². The number of hydrogen-bond donors (Lipinski definition) is 1. The number of amides is 1. The Kier molecular flexibility index (Phi) is 6.17. The molecule has 1 amide bonds. The first-order valence-electron chi connectivity index (χ1n) is 6.89. The predicted octanol–water partition coefficient (Wildman–Crippen LogP) is 1.55. The summed E-state index contributed by atoms with van der Waals surface area (Å²) < 4.78 is 1.74. The summed E-state index contributed by atoms with van der Waals surface area (Å²) in [4.78, 5) is 18.9. The van der Waals surface area contributed by atoms with E-state index >= 15 is 0 Å². The van der Waals surface area contributed by atoms with E-state index in [2.05, 4.69) is 22.3 Å². The number of halogens is 2. The second-order valence-corrected chi connectivity index (χ2v) is 5.36. The normalized spacial score (nSPS) is 17.8. The van der Waals surface area contributed by atoms with Crippen LogP contribution < -0.4 is 5.32 Å². The molecule has 22 heavy (non-hydrogen) atoms. The number of aromatic nitrogens is 3. The molecule has 122 valence electrons. The molecule has 3 heterocycles. The predicted molar refractivity (Wildman–Crippen MR) is 91.1 cm³/mol. The van der Waals surface area contributed by atoms with E-state index in [4.69, 9.17) is 0 Å². The van der Waals surface area contributed by atoms with Gasteiger partial charge in [-0.3, -0.25) is 9.48 Å². The third-order valence-corrected chi connectivity index (χ3v) is 3.87. The lowest BCUT2D eigenvalue weighted by Crippen LogP contribution is -2.52. The first kappa shape index (κ1) is 18.7. The second-order valence-electron chi connectivity index (χ2n) is 5.36. The third-order valence-electron chi connectivity index (χ3n) is 3.87. The Morgan fingerprint density at radius 3 is 2.82 bits per heavy atom. The number of fused-ring (bicyclic) bond motifs is 1. The molecule has 8 heteroatoms. The van der Waals surface area contributed by atoms with Crippen molar-refractivity contribution >= 4 is 41.8 Å². The minimum atomic E-state index is 0. The molecule has 1 atom stereocenters. The fourth-order valence-corrected chi connectivity index (χ4v) is 2.73. The fourth-order valence-electron chi connectivity index (χ4n) is 2.73. The van der Waals surface area contributed by atoms with Gasteiger partial charge in [0.15, 0.2) is 5.65 Å². The number of carbonyl (C=O) groups is 1. The Balaban J connectivity index is 0.00000121. The van der Waals surface area contributed by atoms with Crippen molar-refractivity contribution in [2.45, 2.75) is 19.9 Å². The lowest BCUT2D eigenvalue weighted by molar-refractivity contribution is 0.0655. The number of piperazine rings is 1. The largest absolute Gasteiger partial charge is 0.333 e. The van der Waals surface area contributed by atoms with Crippen molar-refractivity contribution in [1.29, 1.82) is 0 Å². The van der Waals surface area contributed by atoms with E-state index in [-0.39, 0.29) is 36.8 Å². The standard InChI is InChI=1S/C14H19N5O.2ClH/c1-9-7-15-4-5-19(9)14(20)11-6-12-10(2)17-18(3)13(12)16-8-11;;/h6,8-9,15H,4-5,7H2,1-3H3;2*1H/t9-;;/m0../s1. The quantitative estimate of drug-likeness (QED) is 0.851. The average Bonchev–Trinajstić information content (AvgIpc) is 2.73. The lowest BCUT2D eigenvalue weighted by atomic mass is 10.1. The monoisotopic (exact) mass is 345 g/mol. The minimum absolute atomic E-state index is 0. The maximum Gasteiger partial charge on any atom is 0.255 e. The molecule has 1 N–H and O–H groups in total. The lowest BCUT2D eigenvalue weighted by Gasteiger charge is -2.33. The zero-order valence-corrected chi connectivity index (χ0v) is 14.5. The van der Waals surface area contributed by atoms with Crippen molar-refractivity contribution < 1.29 is 4.79 Å². The van der Waals surface area contributed by atoms with Crippen LogP contribution in [0.4, 0.5) is 0 Å². The highest BCUT2D eigenvalue weighted by Gasteiger charge is 2.24. The number of nitrogens with one attached hydrogen (secondary N) is 1. The van der Waals surface area contributed by atoms with Gasteiger partial charge in [-0.15, -0.1) is 24.8 Å². The molecule has 0 saturated carbocycles. The summed E-state index contributed by atoms with van der Waals surface area (Å²) >= 11 is 0. The van der Waals surface area contributed by atoms with Crippen LogP contribution in [0, 0.1) is 6.92 Å². The fraction of sp³-hybridized carbons (Fsp3) is 0.500. The van der Waals surface area contributed by atoms with Gasteiger partial charge >= 0.3 is 0 Å². The maximum absolute atomic E-state index is 12.6. The SMILES string of the molecule is Cc1nn(C)c2ncc(C(=O)N3CCNC[C@@H]3C)cc12.Cl.Cl. The zero-order chi connectivity index (χ0) is 14.3. The van der Waals surface area contributed by atoms with E-state index in [9.17, 15) is 4.79 Å². The number of nitrogens with zero attached hydrogens (tertiary/aromatic N) is 4. The molecule has 2 aromatic rings. The topological polar surface area (TPSA) is 63.1 Å². The van der Waals surface area contributed by atoms with Crippen LogP contribution in [0.3, 0.4) is 0 Å². The van der Waals surface area contributed by atoms with Gasteiger partial charge in [-0.05, 0) is 19.9 Å². The van der Waals surface area contributed by atoms with Gasteiger partial charge in [0.1, 0.15) is 0 Å². The molecule has 1 fully saturated rings.